The van der Waals surface area contributed by atoms with E-state index in [1.807, 2.05) is 12.1 Å². The average Bonchev–Trinajstić information content (AvgIpc) is 2.51. The lowest BCUT2D eigenvalue weighted by Crippen LogP contribution is -2.43. The van der Waals surface area contributed by atoms with Gasteiger partial charge in [0.2, 0.25) is 0 Å². The maximum atomic E-state index is 11.8. The predicted octanol–water partition coefficient (Wildman–Crippen LogP) is 2.50. The van der Waals surface area contributed by atoms with Crippen molar-refractivity contribution in [2.45, 2.75) is 38.8 Å². The molecular weight excluding hydrogens is 310 g/mol. The molecule has 1 aromatic rings. The van der Waals surface area contributed by atoms with E-state index in [-0.39, 0.29) is 6.42 Å². The number of ether oxygens (including phenoxy) is 3. The van der Waals surface area contributed by atoms with Crippen molar-refractivity contribution in [3.63, 3.8) is 0 Å². The van der Waals surface area contributed by atoms with Crippen molar-refractivity contribution in [2.24, 2.45) is 0 Å². The lowest BCUT2D eigenvalue weighted by Gasteiger charge is -2.21. The van der Waals surface area contributed by atoms with E-state index in [2.05, 4.69) is 21.9 Å². The molecule has 0 saturated carbocycles. The molecule has 0 fully saturated rings. The van der Waals surface area contributed by atoms with Gasteiger partial charge in [0.05, 0.1) is 19.8 Å². The summed E-state index contributed by atoms with van der Waals surface area (Å²) in [6.45, 7) is 5.21. The highest BCUT2D eigenvalue weighted by Crippen LogP contribution is 2.15. The van der Waals surface area contributed by atoms with Gasteiger partial charge < -0.3 is 19.5 Å². The molecule has 1 aromatic carbocycles. The Morgan fingerprint density at radius 3 is 2.46 bits per heavy atom. The normalized spacial score (nSPS) is 11.5. The van der Waals surface area contributed by atoms with E-state index in [9.17, 15) is 9.59 Å². The molecule has 6 heteroatoms. The first-order chi connectivity index (χ1) is 11.3. The third kappa shape index (κ3) is 6.61. The second-order valence-corrected chi connectivity index (χ2v) is 5.93. The Morgan fingerprint density at radius 1 is 1.21 bits per heavy atom. The minimum Gasteiger partial charge on any atom is -0.495 e. The van der Waals surface area contributed by atoms with E-state index < -0.39 is 23.7 Å². The minimum absolute atomic E-state index is 0.0873. The molecule has 1 amide bonds. The predicted molar refractivity (Wildman–Crippen MR) is 89.7 cm³/mol. The summed E-state index contributed by atoms with van der Waals surface area (Å²) in [4.78, 5) is 23.6. The van der Waals surface area contributed by atoms with Gasteiger partial charge in [0.25, 0.3) is 0 Å². The van der Waals surface area contributed by atoms with Crippen LogP contribution in [0.3, 0.4) is 0 Å². The van der Waals surface area contributed by atoms with Gasteiger partial charge in [-0.2, -0.15) is 0 Å². The van der Waals surface area contributed by atoms with Crippen LogP contribution in [-0.2, 0) is 14.3 Å². The Hall–Kier alpha value is -2.68. The van der Waals surface area contributed by atoms with Gasteiger partial charge in [-0.05, 0) is 32.9 Å². The third-order valence-corrected chi connectivity index (χ3v) is 2.81. The van der Waals surface area contributed by atoms with E-state index in [0.29, 0.717) is 11.3 Å². The summed E-state index contributed by atoms with van der Waals surface area (Å²) in [6.07, 6.45) is -0.610. The molecule has 1 rings (SSSR count). The SMILES string of the molecule is COC(=O)[C@H](CC#Cc1ccccc1OC)NC(=O)OC(C)(C)C. The molecule has 0 bridgehead atoms. The molecule has 24 heavy (non-hydrogen) atoms. The lowest BCUT2D eigenvalue weighted by atomic mass is 10.1. The second kappa shape index (κ2) is 8.82. The summed E-state index contributed by atoms with van der Waals surface area (Å²) in [5.74, 6) is 5.83. The molecule has 0 aliphatic rings. The molecule has 0 radical (unpaired) electrons. The first-order valence-electron chi connectivity index (χ1n) is 7.46. The zero-order valence-corrected chi connectivity index (χ0v) is 14.6. The number of carbonyl (C=O) groups is 2. The molecule has 0 heterocycles. The summed E-state index contributed by atoms with van der Waals surface area (Å²) < 4.78 is 15.0. The van der Waals surface area contributed by atoms with Gasteiger partial charge in [0, 0.05) is 6.42 Å². The molecule has 6 nitrogen and oxygen atoms in total. The Bertz CT molecular complexity index is 637. The smallest absolute Gasteiger partial charge is 0.408 e. The molecule has 0 spiro atoms. The quantitative estimate of drug-likeness (QED) is 0.677. The molecule has 1 atom stereocenters. The summed E-state index contributed by atoms with van der Waals surface area (Å²) >= 11 is 0. The van der Waals surface area contributed by atoms with Gasteiger partial charge in [-0.15, -0.1) is 0 Å². The van der Waals surface area contributed by atoms with E-state index in [1.54, 1.807) is 40.0 Å². The van der Waals surface area contributed by atoms with Crippen LogP contribution in [-0.4, -0.2) is 37.9 Å². The number of carbonyl (C=O) groups excluding carboxylic acids is 2. The van der Waals surface area contributed by atoms with E-state index in [0.717, 1.165) is 0 Å². The highest BCUT2D eigenvalue weighted by molar-refractivity contribution is 5.81. The van der Waals surface area contributed by atoms with Gasteiger partial charge in [-0.3, -0.25) is 0 Å². The highest BCUT2D eigenvalue weighted by atomic mass is 16.6. The monoisotopic (exact) mass is 333 g/mol. The Morgan fingerprint density at radius 2 is 1.88 bits per heavy atom. The molecule has 0 unspecified atom stereocenters. The topological polar surface area (TPSA) is 73.9 Å². The van der Waals surface area contributed by atoms with Crippen molar-refractivity contribution in [1.82, 2.24) is 5.32 Å². The van der Waals surface area contributed by atoms with Crippen molar-refractivity contribution >= 4 is 12.1 Å². The summed E-state index contributed by atoms with van der Waals surface area (Å²) in [5, 5.41) is 2.47. The number of esters is 1. The summed E-state index contributed by atoms with van der Waals surface area (Å²) in [7, 11) is 2.81. The van der Waals surface area contributed by atoms with Crippen LogP contribution in [0, 0.1) is 11.8 Å². The zero-order valence-electron chi connectivity index (χ0n) is 14.6. The number of hydrogen-bond acceptors (Lipinski definition) is 5. The van der Waals surface area contributed by atoms with Crippen LogP contribution in [0.4, 0.5) is 4.79 Å². The minimum atomic E-state index is -0.910. The van der Waals surface area contributed by atoms with Crippen molar-refractivity contribution in [3.8, 4) is 17.6 Å². The van der Waals surface area contributed by atoms with Crippen LogP contribution >= 0.6 is 0 Å². The fraction of sp³-hybridized carbons (Fsp3) is 0.444. The molecule has 0 saturated heterocycles. The number of nitrogens with one attached hydrogen (secondary N) is 1. The van der Waals surface area contributed by atoms with Crippen LogP contribution in [0.15, 0.2) is 24.3 Å². The number of methoxy groups -OCH3 is 2. The first kappa shape index (κ1) is 19.4. The first-order valence-corrected chi connectivity index (χ1v) is 7.46. The van der Waals surface area contributed by atoms with Crippen LogP contribution in [0.1, 0.15) is 32.8 Å². The second-order valence-electron chi connectivity index (χ2n) is 5.93. The fourth-order valence-corrected chi connectivity index (χ4v) is 1.78. The van der Waals surface area contributed by atoms with Gasteiger partial charge in [0.1, 0.15) is 17.4 Å². The van der Waals surface area contributed by atoms with Crippen molar-refractivity contribution in [2.75, 3.05) is 14.2 Å². The number of amides is 1. The standard InChI is InChI=1S/C18H23NO5/c1-18(2,3)24-17(21)19-14(16(20)23-5)11-8-10-13-9-6-7-12-15(13)22-4/h6-7,9,12,14H,11H2,1-5H3,(H,19,21)/t14-/m0/s1. The number of benzene rings is 1. The summed E-state index contributed by atoms with van der Waals surface area (Å²) in [6, 6.07) is 6.36. The molecule has 130 valence electrons. The highest BCUT2D eigenvalue weighted by Gasteiger charge is 2.24. The van der Waals surface area contributed by atoms with Crippen LogP contribution in [0.25, 0.3) is 0 Å². The largest absolute Gasteiger partial charge is 0.495 e. The fourth-order valence-electron chi connectivity index (χ4n) is 1.78. The van der Waals surface area contributed by atoms with Crippen LogP contribution in [0.2, 0.25) is 0 Å². The van der Waals surface area contributed by atoms with Gasteiger partial charge >= 0.3 is 12.1 Å². The van der Waals surface area contributed by atoms with Gasteiger partial charge in [0.15, 0.2) is 0 Å². The third-order valence-electron chi connectivity index (χ3n) is 2.81. The van der Waals surface area contributed by atoms with Crippen LogP contribution in [0.5, 0.6) is 5.75 Å². The van der Waals surface area contributed by atoms with Crippen LogP contribution < -0.4 is 10.1 Å². The Kier molecular flexibility index (Phi) is 7.12. The van der Waals surface area contributed by atoms with E-state index in [1.165, 1.54) is 7.11 Å². The number of rotatable bonds is 4. The molecule has 1 N–H and O–H groups in total. The maximum Gasteiger partial charge on any atom is 0.408 e. The number of alkyl carbamates (subject to hydrolysis) is 1. The Labute approximate surface area is 142 Å². The maximum absolute atomic E-state index is 11.8. The van der Waals surface area contributed by atoms with Crippen molar-refractivity contribution in [3.05, 3.63) is 29.8 Å². The van der Waals surface area contributed by atoms with Crippen molar-refractivity contribution in [1.29, 1.82) is 0 Å². The van der Waals surface area contributed by atoms with E-state index >= 15 is 0 Å². The summed E-state index contributed by atoms with van der Waals surface area (Å²) in [5.41, 5.74) is 0.0364. The van der Waals surface area contributed by atoms with Gasteiger partial charge in [-0.1, -0.05) is 24.0 Å². The molecule has 0 aromatic heterocycles. The number of hydrogen-bond donors (Lipinski definition) is 1. The lowest BCUT2D eigenvalue weighted by molar-refractivity contribution is -0.143. The van der Waals surface area contributed by atoms with Crippen molar-refractivity contribution < 1.29 is 23.8 Å². The average molecular weight is 333 g/mol. The molecule has 0 aliphatic carbocycles. The van der Waals surface area contributed by atoms with Gasteiger partial charge in [-0.25, -0.2) is 9.59 Å². The Balaban J connectivity index is 2.80. The molecule has 0 aliphatic heterocycles. The zero-order chi connectivity index (χ0) is 18.2. The molecular formula is C18H23NO5. The van der Waals surface area contributed by atoms with E-state index in [4.69, 9.17) is 9.47 Å². The number of para-hydroxylation sites is 1.